The Morgan fingerprint density at radius 1 is 1.18 bits per heavy atom. The highest BCUT2D eigenvalue weighted by atomic mass is 127. The number of rotatable bonds is 9. The minimum atomic E-state index is 0. The van der Waals surface area contributed by atoms with Gasteiger partial charge in [-0.25, -0.2) is 4.99 Å². The standard InChI is InChI=1S/C25H41N5O2.HI/c1-3-26-25(27-12-8-14-30-13-6-4-5-11-24(30)31)28-18-22-9-7-10-23(17-22)20-29-15-16-32-21(2)19-29;/h7,9-10,17,21H,3-6,8,11-16,18-20H2,1-2H3,(H2,26,27,28);1H. The summed E-state index contributed by atoms with van der Waals surface area (Å²) in [5.74, 6) is 1.15. The van der Waals surface area contributed by atoms with Crippen LogP contribution >= 0.6 is 24.0 Å². The third-order valence-electron chi connectivity index (χ3n) is 6.06. The van der Waals surface area contributed by atoms with Crippen LogP contribution in [0.4, 0.5) is 0 Å². The number of halogens is 1. The summed E-state index contributed by atoms with van der Waals surface area (Å²) in [5, 5.41) is 6.76. The quantitative estimate of drug-likeness (QED) is 0.206. The minimum Gasteiger partial charge on any atom is -0.376 e. The highest BCUT2D eigenvalue weighted by Crippen LogP contribution is 2.13. The van der Waals surface area contributed by atoms with Crippen molar-refractivity contribution in [3.63, 3.8) is 0 Å². The number of likely N-dealkylation sites (tertiary alicyclic amines) is 1. The number of benzene rings is 1. The Bertz CT molecular complexity index is 745. The van der Waals surface area contributed by atoms with Crippen molar-refractivity contribution >= 4 is 35.8 Å². The maximum atomic E-state index is 12.1. The van der Waals surface area contributed by atoms with E-state index in [-0.39, 0.29) is 24.0 Å². The van der Waals surface area contributed by atoms with Gasteiger partial charge in [0.05, 0.1) is 19.3 Å². The Morgan fingerprint density at radius 2 is 2.03 bits per heavy atom. The van der Waals surface area contributed by atoms with Crippen LogP contribution in [0.2, 0.25) is 0 Å². The smallest absolute Gasteiger partial charge is 0.222 e. The molecule has 2 aliphatic heterocycles. The first kappa shape index (κ1) is 27.9. The molecule has 8 heteroatoms. The second-order valence-corrected chi connectivity index (χ2v) is 8.90. The van der Waals surface area contributed by atoms with Crippen molar-refractivity contribution in [3.8, 4) is 0 Å². The molecule has 7 nitrogen and oxygen atoms in total. The van der Waals surface area contributed by atoms with Gasteiger partial charge in [-0.15, -0.1) is 24.0 Å². The molecule has 0 bridgehead atoms. The third kappa shape index (κ3) is 10.2. The highest BCUT2D eigenvalue weighted by molar-refractivity contribution is 14.0. The van der Waals surface area contributed by atoms with Gasteiger partial charge >= 0.3 is 0 Å². The van der Waals surface area contributed by atoms with Crippen LogP contribution in [0.15, 0.2) is 29.3 Å². The molecule has 1 amide bonds. The fourth-order valence-electron chi connectivity index (χ4n) is 4.38. The van der Waals surface area contributed by atoms with Crippen molar-refractivity contribution < 1.29 is 9.53 Å². The molecule has 1 aromatic rings. The average Bonchev–Trinajstić information content (AvgIpc) is 2.99. The fraction of sp³-hybridized carbons (Fsp3) is 0.680. The second-order valence-electron chi connectivity index (χ2n) is 8.90. The molecule has 0 aromatic heterocycles. The summed E-state index contributed by atoms with van der Waals surface area (Å²) in [6, 6.07) is 8.73. The molecule has 0 saturated carbocycles. The van der Waals surface area contributed by atoms with Gasteiger partial charge in [0.15, 0.2) is 5.96 Å². The molecule has 1 unspecified atom stereocenters. The van der Waals surface area contributed by atoms with Gasteiger partial charge in [-0.2, -0.15) is 0 Å². The number of hydrogen-bond acceptors (Lipinski definition) is 4. The van der Waals surface area contributed by atoms with E-state index in [4.69, 9.17) is 9.73 Å². The molecule has 2 heterocycles. The van der Waals surface area contributed by atoms with E-state index in [1.165, 1.54) is 17.5 Å². The largest absolute Gasteiger partial charge is 0.376 e. The van der Waals surface area contributed by atoms with Crippen molar-refractivity contribution in [2.45, 2.75) is 65.1 Å². The molecule has 2 fully saturated rings. The summed E-state index contributed by atoms with van der Waals surface area (Å²) in [5.41, 5.74) is 2.54. The zero-order valence-electron chi connectivity index (χ0n) is 20.4. The number of nitrogens with one attached hydrogen (secondary N) is 2. The molecule has 2 N–H and O–H groups in total. The van der Waals surface area contributed by atoms with E-state index >= 15 is 0 Å². The number of amides is 1. The van der Waals surface area contributed by atoms with E-state index in [2.05, 4.69) is 53.6 Å². The van der Waals surface area contributed by atoms with Crippen molar-refractivity contribution in [3.05, 3.63) is 35.4 Å². The molecule has 0 aliphatic carbocycles. The Hall–Kier alpha value is -1.39. The van der Waals surface area contributed by atoms with Crippen LogP contribution in [0.3, 0.4) is 0 Å². The lowest BCUT2D eigenvalue weighted by molar-refractivity contribution is -0.130. The van der Waals surface area contributed by atoms with E-state index < -0.39 is 0 Å². The van der Waals surface area contributed by atoms with Crippen LogP contribution in [0.25, 0.3) is 0 Å². The normalized spacial score (nSPS) is 20.2. The highest BCUT2D eigenvalue weighted by Gasteiger charge is 2.17. The number of carbonyl (C=O) groups excluding carboxylic acids is 1. The van der Waals surface area contributed by atoms with Gasteiger partial charge in [0.1, 0.15) is 0 Å². The molecular formula is C25H42IN5O2. The Morgan fingerprint density at radius 3 is 2.85 bits per heavy atom. The fourth-order valence-corrected chi connectivity index (χ4v) is 4.38. The summed E-state index contributed by atoms with van der Waals surface area (Å²) in [6.07, 6.45) is 5.29. The van der Waals surface area contributed by atoms with E-state index in [1.807, 2.05) is 4.90 Å². The predicted octanol–water partition coefficient (Wildman–Crippen LogP) is 3.37. The van der Waals surface area contributed by atoms with Crippen LogP contribution in [0.5, 0.6) is 0 Å². The molecule has 33 heavy (non-hydrogen) atoms. The van der Waals surface area contributed by atoms with E-state index in [0.717, 1.165) is 77.6 Å². The summed E-state index contributed by atoms with van der Waals surface area (Å²) in [6.45, 7) is 12.0. The van der Waals surface area contributed by atoms with Gasteiger partial charge in [0.2, 0.25) is 5.91 Å². The average molecular weight is 572 g/mol. The predicted molar refractivity (Wildman–Crippen MR) is 145 cm³/mol. The van der Waals surface area contributed by atoms with Crippen molar-refractivity contribution in [1.82, 2.24) is 20.4 Å². The van der Waals surface area contributed by atoms with E-state index in [9.17, 15) is 4.79 Å². The summed E-state index contributed by atoms with van der Waals surface area (Å²) in [4.78, 5) is 21.4. The number of aliphatic imine (C=N–C) groups is 1. The maximum absolute atomic E-state index is 12.1. The molecule has 2 saturated heterocycles. The van der Waals surface area contributed by atoms with Crippen LogP contribution in [-0.2, 0) is 22.6 Å². The number of nitrogens with zero attached hydrogens (tertiary/aromatic N) is 3. The lowest BCUT2D eigenvalue weighted by atomic mass is 10.1. The third-order valence-corrected chi connectivity index (χ3v) is 6.06. The topological polar surface area (TPSA) is 69.2 Å². The number of morpholine rings is 1. The van der Waals surface area contributed by atoms with Crippen LogP contribution in [-0.4, -0.2) is 73.6 Å². The number of hydrogen-bond donors (Lipinski definition) is 2. The molecular weight excluding hydrogens is 529 g/mol. The van der Waals surface area contributed by atoms with Gasteiger partial charge in [0.25, 0.3) is 0 Å². The number of guanidine groups is 1. The zero-order chi connectivity index (χ0) is 22.6. The van der Waals surface area contributed by atoms with Gasteiger partial charge in [0, 0.05) is 52.2 Å². The van der Waals surface area contributed by atoms with Crippen LogP contribution in [0, 0.1) is 0 Å². The molecule has 2 aliphatic rings. The monoisotopic (exact) mass is 571 g/mol. The zero-order valence-corrected chi connectivity index (χ0v) is 22.7. The second kappa shape index (κ2) is 15.5. The number of ether oxygens (including phenoxy) is 1. The van der Waals surface area contributed by atoms with Crippen LogP contribution in [0.1, 0.15) is 57.1 Å². The van der Waals surface area contributed by atoms with Gasteiger partial charge < -0.3 is 20.3 Å². The Labute approximate surface area is 216 Å². The lowest BCUT2D eigenvalue weighted by Gasteiger charge is -2.31. The number of carbonyl (C=O) groups is 1. The Balaban J connectivity index is 0.00000385. The SMILES string of the molecule is CCNC(=NCc1cccc(CN2CCOC(C)C2)c1)NCCCN1CCCCCC1=O.I. The molecule has 0 radical (unpaired) electrons. The lowest BCUT2D eigenvalue weighted by Crippen LogP contribution is -2.40. The maximum Gasteiger partial charge on any atom is 0.222 e. The van der Waals surface area contributed by atoms with Gasteiger partial charge in [-0.1, -0.05) is 30.7 Å². The van der Waals surface area contributed by atoms with Gasteiger partial charge in [-0.3, -0.25) is 9.69 Å². The van der Waals surface area contributed by atoms with Gasteiger partial charge in [-0.05, 0) is 44.2 Å². The van der Waals surface area contributed by atoms with E-state index in [0.29, 0.717) is 25.0 Å². The molecule has 1 atom stereocenters. The molecule has 3 rings (SSSR count). The summed E-state index contributed by atoms with van der Waals surface area (Å²) < 4.78 is 5.65. The summed E-state index contributed by atoms with van der Waals surface area (Å²) >= 11 is 0. The minimum absolute atomic E-state index is 0. The van der Waals surface area contributed by atoms with E-state index in [1.54, 1.807) is 0 Å². The first-order valence-electron chi connectivity index (χ1n) is 12.4. The van der Waals surface area contributed by atoms with Crippen molar-refractivity contribution in [1.29, 1.82) is 0 Å². The van der Waals surface area contributed by atoms with Crippen molar-refractivity contribution in [2.24, 2.45) is 4.99 Å². The first-order valence-corrected chi connectivity index (χ1v) is 12.4. The Kier molecular flexibility index (Phi) is 13.1. The molecule has 186 valence electrons. The molecule has 0 spiro atoms. The first-order chi connectivity index (χ1) is 15.6. The summed E-state index contributed by atoms with van der Waals surface area (Å²) in [7, 11) is 0. The molecule has 1 aromatic carbocycles. The van der Waals surface area contributed by atoms with Crippen LogP contribution < -0.4 is 10.6 Å². The van der Waals surface area contributed by atoms with Crippen molar-refractivity contribution in [2.75, 3.05) is 45.9 Å².